The minimum absolute atomic E-state index is 0.691. The van der Waals surface area contributed by atoms with E-state index in [0.717, 1.165) is 70.0 Å². The largest absolute Gasteiger partial charge is 0.493 e. The predicted octanol–water partition coefficient (Wildman–Crippen LogP) is 5.66. The van der Waals surface area contributed by atoms with Crippen molar-refractivity contribution in [1.29, 1.82) is 0 Å². The molecule has 0 unspecified atom stereocenters. The molecule has 0 aliphatic carbocycles. The summed E-state index contributed by atoms with van der Waals surface area (Å²) in [5.41, 5.74) is 5.29. The summed E-state index contributed by atoms with van der Waals surface area (Å²) in [6, 6.07) is 18.5. The predicted molar refractivity (Wildman–Crippen MR) is 146 cm³/mol. The maximum atomic E-state index is 5.45. The fourth-order valence-corrected chi connectivity index (χ4v) is 5.48. The van der Waals surface area contributed by atoms with Gasteiger partial charge in [0.05, 0.1) is 25.6 Å². The van der Waals surface area contributed by atoms with E-state index in [1.807, 2.05) is 35.0 Å². The van der Waals surface area contributed by atoms with Crippen LogP contribution in [0.3, 0.4) is 0 Å². The number of methoxy groups -OCH3 is 2. The van der Waals surface area contributed by atoms with E-state index >= 15 is 0 Å². The molecule has 36 heavy (non-hydrogen) atoms. The van der Waals surface area contributed by atoms with Crippen molar-refractivity contribution in [2.24, 2.45) is 4.99 Å². The Hall–Kier alpha value is -3.52. The Balaban J connectivity index is 1.43. The molecule has 1 aliphatic heterocycles. The van der Waals surface area contributed by atoms with Crippen molar-refractivity contribution in [2.75, 3.05) is 27.3 Å². The number of aliphatic imine (C=N–C) groups is 1. The Morgan fingerprint density at radius 3 is 2.58 bits per heavy atom. The lowest BCUT2D eigenvalue weighted by molar-refractivity contribution is 0.354. The van der Waals surface area contributed by atoms with Crippen LogP contribution in [0.5, 0.6) is 11.5 Å². The van der Waals surface area contributed by atoms with Crippen LogP contribution in [0, 0.1) is 6.92 Å². The van der Waals surface area contributed by atoms with Gasteiger partial charge in [0.15, 0.2) is 22.3 Å². The number of aryl methyl sites for hydroxylation is 1. The zero-order chi connectivity index (χ0) is 25.1. The van der Waals surface area contributed by atoms with E-state index in [-0.39, 0.29) is 0 Å². The average molecular weight is 502 g/mol. The minimum atomic E-state index is 0.691. The van der Waals surface area contributed by atoms with Gasteiger partial charge in [-0.15, -0.1) is 0 Å². The van der Waals surface area contributed by atoms with Crippen molar-refractivity contribution in [2.45, 2.75) is 38.3 Å². The van der Waals surface area contributed by atoms with Crippen LogP contribution < -0.4 is 9.47 Å². The lowest BCUT2D eigenvalue weighted by atomic mass is 10.1. The molecule has 0 saturated carbocycles. The molecule has 2 aromatic carbocycles. The Morgan fingerprint density at radius 2 is 1.83 bits per heavy atom. The van der Waals surface area contributed by atoms with Gasteiger partial charge in [-0.25, -0.2) is 9.67 Å². The van der Waals surface area contributed by atoms with Crippen LogP contribution >= 0.6 is 11.8 Å². The van der Waals surface area contributed by atoms with Gasteiger partial charge in [-0.2, -0.15) is 5.10 Å². The molecular formula is C28H31N5O2S. The Labute approximate surface area is 216 Å². The fraction of sp³-hybridized carbons (Fsp3) is 0.321. The van der Waals surface area contributed by atoms with Crippen LogP contribution in [0.4, 0.5) is 0 Å². The molecule has 0 N–H and O–H groups in total. The van der Waals surface area contributed by atoms with Crippen molar-refractivity contribution in [1.82, 2.24) is 19.7 Å². The first-order chi connectivity index (χ1) is 17.6. The van der Waals surface area contributed by atoms with E-state index in [1.54, 1.807) is 26.0 Å². The molecule has 0 radical (unpaired) electrons. The summed E-state index contributed by atoms with van der Waals surface area (Å²) < 4.78 is 12.8. The molecule has 186 valence electrons. The molecule has 2 aromatic heterocycles. The fourth-order valence-electron chi connectivity index (χ4n) is 4.48. The summed E-state index contributed by atoms with van der Waals surface area (Å²) >= 11 is 1.66. The summed E-state index contributed by atoms with van der Waals surface area (Å²) in [6.45, 7) is 6.72. The summed E-state index contributed by atoms with van der Waals surface area (Å²) in [5, 5.41) is 7.94. The number of rotatable bonds is 8. The van der Waals surface area contributed by atoms with Crippen LogP contribution in [0.2, 0.25) is 0 Å². The molecule has 0 spiro atoms. The third-order valence-corrected chi connectivity index (χ3v) is 7.41. The van der Waals surface area contributed by atoms with Crippen LogP contribution in [-0.4, -0.2) is 52.1 Å². The first-order valence-electron chi connectivity index (χ1n) is 12.2. The lowest BCUT2D eigenvalue weighted by Crippen LogP contribution is -2.33. The van der Waals surface area contributed by atoms with E-state index < -0.39 is 0 Å². The highest BCUT2D eigenvalue weighted by atomic mass is 32.2. The van der Waals surface area contributed by atoms with Crippen LogP contribution in [0.15, 0.2) is 64.6 Å². The first kappa shape index (κ1) is 24.2. The Bertz CT molecular complexity index is 1400. The standard InChI is InChI=1S/C28H31N5O2S/c1-5-15-32-18-21-17-23-19(2)31-33(22-9-7-6-8-10-22)26(23)30-27(21)36-28(32)29-14-13-20-11-12-24(34-3)25(16-20)35-4/h6-12,16-17H,5,13-15,18H2,1-4H3. The Morgan fingerprint density at radius 1 is 1.03 bits per heavy atom. The number of benzene rings is 2. The molecule has 1 aliphatic rings. The quantitative estimate of drug-likeness (QED) is 0.310. The highest BCUT2D eigenvalue weighted by Gasteiger charge is 2.25. The summed E-state index contributed by atoms with van der Waals surface area (Å²) in [4.78, 5) is 12.5. The molecule has 0 fully saturated rings. The van der Waals surface area contributed by atoms with E-state index in [2.05, 4.69) is 43.0 Å². The second kappa shape index (κ2) is 10.6. The zero-order valence-electron chi connectivity index (χ0n) is 21.2. The molecule has 0 bridgehead atoms. The number of nitrogens with zero attached hydrogens (tertiary/aromatic N) is 5. The smallest absolute Gasteiger partial charge is 0.165 e. The Kier molecular flexibility index (Phi) is 7.13. The second-order valence-corrected chi connectivity index (χ2v) is 9.74. The third kappa shape index (κ3) is 4.78. The van der Waals surface area contributed by atoms with Crippen LogP contribution in [0.25, 0.3) is 16.7 Å². The number of ether oxygens (including phenoxy) is 2. The lowest BCUT2D eigenvalue weighted by Gasteiger charge is -2.30. The van der Waals surface area contributed by atoms with Gasteiger partial charge in [0, 0.05) is 30.6 Å². The van der Waals surface area contributed by atoms with E-state index in [0.29, 0.717) is 6.54 Å². The number of pyridine rings is 1. The molecule has 0 amide bonds. The van der Waals surface area contributed by atoms with Gasteiger partial charge in [0.1, 0.15) is 5.03 Å². The molecule has 0 atom stereocenters. The van der Waals surface area contributed by atoms with Gasteiger partial charge < -0.3 is 14.4 Å². The zero-order valence-corrected chi connectivity index (χ0v) is 22.0. The molecule has 8 heteroatoms. The summed E-state index contributed by atoms with van der Waals surface area (Å²) in [7, 11) is 3.32. The van der Waals surface area contributed by atoms with E-state index in [1.165, 1.54) is 11.1 Å². The second-order valence-electron chi connectivity index (χ2n) is 8.78. The van der Waals surface area contributed by atoms with E-state index in [9.17, 15) is 0 Å². The number of hydrogen-bond acceptors (Lipinski definition) is 6. The first-order valence-corrected chi connectivity index (χ1v) is 13.1. The van der Waals surface area contributed by atoms with Crippen LogP contribution in [0.1, 0.15) is 30.2 Å². The number of para-hydroxylation sites is 1. The molecular weight excluding hydrogens is 470 g/mol. The van der Waals surface area contributed by atoms with Crippen molar-refractivity contribution >= 4 is 28.0 Å². The van der Waals surface area contributed by atoms with Gasteiger partial charge in [0.2, 0.25) is 0 Å². The number of amidine groups is 1. The third-order valence-electron chi connectivity index (χ3n) is 6.29. The summed E-state index contributed by atoms with van der Waals surface area (Å²) in [5.74, 6) is 1.48. The van der Waals surface area contributed by atoms with Gasteiger partial charge >= 0.3 is 0 Å². The van der Waals surface area contributed by atoms with Gasteiger partial charge in [0.25, 0.3) is 0 Å². The molecule has 4 aromatic rings. The summed E-state index contributed by atoms with van der Waals surface area (Å²) in [6.07, 6.45) is 1.88. The average Bonchev–Trinajstić information content (AvgIpc) is 3.23. The van der Waals surface area contributed by atoms with Gasteiger partial charge in [-0.3, -0.25) is 4.99 Å². The monoisotopic (exact) mass is 501 g/mol. The normalized spacial score (nSPS) is 14.3. The number of thioether (sulfide) groups is 1. The maximum Gasteiger partial charge on any atom is 0.165 e. The van der Waals surface area contributed by atoms with Gasteiger partial charge in [-0.1, -0.05) is 31.2 Å². The number of fused-ring (bicyclic) bond motifs is 2. The molecule has 0 saturated heterocycles. The van der Waals surface area contributed by atoms with Crippen LogP contribution in [-0.2, 0) is 13.0 Å². The highest BCUT2D eigenvalue weighted by molar-refractivity contribution is 8.13. The van der Waals surface area contributed by atoms with Crippen molar-refractivity contribution < 1.29 is 9.47 Å². The molecule has 3 heterocycles. The van der Waals surface area contributed by atoms with Crippen molar-refractivity contribution in [3.8, 4) is 17.2 Å². The van der Waals surface area contributed by atoms with Gasteiger partial charge in [-0.05, 0) is 67.4 Å². The highest BCUT2D eigenvalue weighted by Crippen LogP contribution is 2.35. The maximum absolute atomic E-state index is 5.45. The van der Waals surface area contributed by atoms with Crippen molar-refractivity contribution in [3.05, 3.63) is 71.4 Å². The van der Waals surface area contributed by atoms with Crippen molar-refractivity contribution in [3.63, 3.8) is 0 Å². The van der Waals surface area contributed by atoms with E-state index in [4.69, 9.17) is 24.5 Å². The minimum Gasteiger partial charge on any atom is -0.493 e. The molecule has 7 nitrogen and oxygen atoms in total. The number of aromatic nitrogens is 3. The SMILES string of the molecule is CCCN1Cc2cc3c(C)nn(-c4ccccc4)c3nc2SC1=NCCc1ccc(OC)c(OC)c1. The molecule has 5 rings (SSSR count). The number of hydrogen-bond donors (Lipinski definition) is 0. The topological polar surface area (TPSA) is 64.8 Å².